The fourth-order valence-corrected chi connectivity index (χ4v) is 6.40. The zero-order valence-corrected chi connectivity index (χ0v) is 21.4. The summed E-state index contributed by atoms with van der Waals surface area (Å²) in [6.07, 6.45) is 0. The molecule has 0 saturated carbocycles. The van der Waals surface area contributed by atoms with E-state index in [-0.39, 0.29) is 36.1 Å². The van der Waals surface area contributed by atoms with Crippen LogP contribution in [-0.4, -0.2) is 53.6 Å². The summed E-state index contributed by atoms with van der Waals surface area (Å²) in [5.74, 6) is -1.59. The smallest absolute Gasteiger partial charge is 0.336 e. The van der Waals surface area contributed by atoms with Crippen molar-refractivity contribution in [2.24, 2.45) is 0 Å². The van der Waals surface area contributed by atoms with Crippen molar-refractivity contribution in [2.75, 3.05) is 39.2 Å². The molecule has 0 radical (unpaired) electrons. The van der Waals surface area contributed by atoms with E-state index in [1.165, 1.54) is 10.5 Å². The molecule has 0 aliphatic carbocycles. The molecule has 35 heavy (non-hydrogen) atoms. The zero-order chi connectivity index (χ0) is 25.0. The van der Waals surface area contributed by atoms with Gasteiger partial charge in [0.1, 0.15) is 19.7 Å². The van der Waals surface area contributed by atoms with Gasteiger partial charge in [-0.05, 0) is 18.6 Å². The van der Waals surface area contributed by atoms with E-state index in [0.29, 0.717) is 28.5 Å². The van der Waals surface area contributed by atoms with Crippen molar-refractivity contribution in [1.82, 2.24) is 5.32 Å². The van der Waals surface area contributed by atoms with E-state index in [0.717, 1.165) is 6.54 Å². The summed E-state index contributed by atoms with van der Waals surface area (Å²) in [6.45, 7) is 3.56. The number of rotatable bonds is 7. The quantitative estimate of drug-likeness (QED) is 0.548. The van der Waals surface area contributed by atoms with Crippen LogP contribution in [0.2, 0.25) is 5.02 Å². The third kappa shape index (κ3) is 5.78. The van der Waals surface area contributed by atoms with E-state index >= 15 is 0 Å². The molecule has 186 valence electrons. The Hall–Kier alpha value is -2.65. The molecular formula is C26H30ClN2O5S+. The summed E-state index contributed by atoms with van der Waals surface area (Å²) >= 11 is 6.52. The van der Waals surface area contributed by atoms with Gasteiger partial charge in [-0.2, -0.15) is 0 Å². The predicted octanol–water partition coefficient (Wildman–Crippen LogP) is 2.22. The van der Waals surface area contributed by atoms with Crippen LogP contribution >= 0.6 is 11.6 Å². The number of dihydropyridines is 1. The van der Waals surface area contributed by atoms with E-state index in [2.05, 4.69) is 17.4 Å². The molecule has 2 aromatic carbocycles. The second-order valence-corrected chi connectivity index (χ2v) is 11.3. The standard InChI is InChI=1S/C26H29ClN2O5S/c1-18-23(26(30)34-13-12-29(2)16-19-8-4-3-5-9-19)24(20-10-6-7-11-21(20)27)25-22(28-18)17-33-14-15-35(25,31)32/h3-11,24,28H,12-17H2,1-2H3/p+1. The Balaban J connectivity index is 1.58. The van der Waals surface area contributed by atoms with Crippen molar-refractivity contribution in [3.8, 4) is 0 Å². The van der Waals surface area contributed by atoms with Crippen LogP contribution in [0.25, 0.3) is 0 Å². The number of nitrogens with one attached hydrogen (secondary N) is 2. The monoisotopic (exact) mass is 517 g/mol. The van der Waals surface area contributed by atoms with Crippen molar-refractivity contribution in [2.45, 2.75) is 19.4 Å². The van der Waals surface area contributed by atoms with Gasteiger partial charge < -0.3 is 19.7 Å². The molecule has 0 saturated heterocycles. The number of allylic oxidation sites excluding steroid dienone is 2. The van der Waals surface area contributed by atoms with Crippen molar-refractivity contribution in [3.05, 3.63) is 92.6 Å². The Morgan fingerprint density at radius 3 is 2.63 bits per heavy atom. The normalized spacial score (nSPS) is 20.5. The lowest BCUT2D eigenvalue weighted by atomic mass is 9.86. The Morgan fingerprint density at radius 1 is 1.17 bits per heavy atom. The molecule has 2 aliphatic rings. The van der Waals surface area contributed by atoms with Gasteiger partial charge in [-0.1, -0.05) is 60.1 Å². The third-order valence-corrected chi connectivity index (χ3v) is 8.42. The fraction of sp³-hybridized carbons (Fsp3) is 0.346. The number of hydrogen-bond acceptors (Lipinski definition) is 6. The van der Waals surface area contributed by atoms with Gasteiger partial charge in [0.2, 0.25) is 0 Å². The highest BCUT2D eigenvalue weighted by Gasteiger charge is 2.42. The van der Waals surface area contributed by atoms with Gasteiger partial charge in [0.25, 0.3) is 0 Å². The molecule has 7 nitrogen and oxygen atoms in total. The third-order valence-electron chi connectivity index (χ3n) is 6.22. The Bertz CT molecular complexity index is 1260. The summed E-state index contributed by atoms with van der Waals surface area (Å²) in [6, 6.07) is 17.1. The molecule has 0 spiro atoms. The van der Waals surface area contributed by atoms with E-state index in [1.807, 2.05) is 25.2 Å². The van der Waals surface area contributed by atoms with Crippen LogP contribution in [0.4, 0.5) is 0 Å². The van der Waals surface area contributed by atoms with E-state index in [9.17, 15) is 13.2 Å². The molecule has 2 N–H and O–H groups in total. The molecule has 0 amide bonds. The Kier molecular flexibility index (Phi) is 7.96. The van der Waals surface area contributed by atoms with Gasteiger partial charge in [0.15, 0.2) is 9.84 Å². The number of halogens is 1. The number of hydrogen-bond donors (Lipinski definition) is 2. The largest absolute Gasteiger partial charge is 0.456 e. The number of esters is 1. The minimum absolute atomic E-state index is 0.0849. The Morgan fingerprint density at radius 2 is 1.89 bits per heavy atom. The number of carbonyl (C=O) groups excluding carboxylic acids is 1. The number of likely N-dealkylation sites (N-methyl/N-ethyl adjacent to an activating group) is 1. The molecule has 4 rings (SSSR count). The average molecular weight is 518 g/mol. The highest BCUT2D eigenvalue weighted by molar-refractivity contribution is 7.95. The second-order valence-electron chi connectivity index (χ2n) is 8.84. The van der Waals surface area contributed by atoms with Gasteiger partial charge in [-0.15, -0.1) is 0 Å². The molecule has 2 heterocycles. The summed E-state index contributed by atoms with van der Waals surface area (Å²) in [5.41, 5.74) is 2.97. The van der Waals surface area contributed by atoms with Crippen LogP contribution in [0.15, 0.2) is 76.5 Å². The molecule has 2 unspecified atom stereocenters. The molecule has 9 heteroatoms. The van der Waals surface area contributed by atoms with Crippen LogP contribution in [0.3, 0.4) is 0 Å². The zero-order valence-electron chi connectivity index (χ0n) is 19.8. The molecule has 0 fully saturated rings. The van der Waals surface area contributed by atoms with Crippen LogP contribution in [-0.2, 0) is 30.7 Å². The van der Waals surface area contributed by atoms with Crippen LogP contribution in [0.1, 0.15) is 24.0 Å². The number of ether oxygens (including phenoxy) is 2. The first kappa shape index (κ1) is 25.4. The predicted molar refractivity (Wildman–Crippen MR) is 135 cm³/mol. The first-order chi connectivity index (χ1) is 16.8. The average Bonchev–Trinajstić information content (AvgIpc) is 2.96. The first-order valence-corrected chi connectivity index (χ1v) is 13.6. The highest BCUT2D eigenvalue weighted by atomic mass is 35.5. The molecule has 2 atom stereocenters. The maximum Gasteiger partial charge on any atom is 0.336 e. The molecule has 0 bridgehead atoms. The molecule has 2 aliphatic heterocycles. The SMILES string of the molecule is CC1=C(C(=O)OCC[NH+](C)Cc2ccccc2)C(c2ccccc2Cl)C2=C(COCCS2(=O)=O)N1. The van der Waals surface area contributed by atoms with Crippen molar-refractivity contribution in [1.29, 1.82) is 0 Å². The minimum atomic E-state index is -3.71. The fourth-order valence-electron chi connectivity index (χ4n) is 4.51. The van der Waals surface area contributed by atoms with E-state index in [4.69, 9.17) is 21.1 Å². The van der Waals surface area contributed by atoms with E-state index < -0.39 is 21.7 Å². The van der Waals surface area contributed by atoms with E-state index in [1.54, 1.807) is 31.2 Å². The van der Waals surface area contributed by atoms with Crippen LogP contribution in [0.5, 0.6) is 0 Å². The number of benzene rings is 2. The Labute approximate surface area is 211 Å². The highest BCUT2D eigenvalue weighted by Crippen LogP contribution is 2.44. The van der Waals surface area contributed by atoms with Crippen molar-refractivity contribution in [3.63, 3.8) is 0 Å². The number of sulfone groups is 1. The second kappa shape index (κ2) is 11.0. The van der Waals surface area contributed by atoms with Crippen LogP contribution < -0.4 is 10.2 Å². The minimum Gasteiger partial charge on any atom is -0.456 e. The molecule has 2 aromatic rings. The number of carbonyl (C=O) groups is 1. The summed E-state index contributed by atoms with van der Waals surface area (Å²) in [5, 5.41) is 3.49. The van der Waals surface area contributed by atoms with Gasteiger partial charge in [0.05, 0.1) is 48.1 Å². The molecular weight excluding hydrogens is 488 g/mol. The van der Waals surface area contributed by atoms with Gasteiger partial charge in [-0.3, -0.25) is 0 Å². The lowest BCUT2D eigenvalue weighted by molar-refractivity contribution is -0.893. The maximum atomic E-state index is 13.4. The van der Waals surface area contributed by atoms with Crippen LogP contribution in [0, 0.1) is 0 Å². The van der Waals surface area contributed by atoms with Gasteiger partial charge >= 0.3 is 5.97 Å². The lowest BCUT2D eigenvalue weighted by Crippen LogP contribution is -3.08. The van der Waals surface area contributed by atoms with Gasteiger partial charge in [-0.25, -0.2) is 13.2 Å². The molecule has 0 aromatic heterocycles. The lowest BCUT2D eigenvalue weighted by Gasteiger charge is -2.31. The summed E-state index contributed by atoms with van der Waals surface area (Å²) in [4.78, 5) is 14.7. The summed E-state index contributed by atoms with van der Waals surface area (Å²) < 4.78 is 37.8. The summed E-state index contributed by atoms with van der Waals surface area (Å²) in [7, 11) is -1.67. The van der Waals surface area contributed by atoms with Crippen molar-refractivity contribution < 1.29 is 27.6 Å². The van der Waals surface area contributed by atoms with Crippen molar-refractivity contribution >= 4 is 27.4 Å². The maximum absolute atomic E-state index is 13.4. The first-order valence-electron chi connectivity index (χ1n) is 11.6. The van der Waals surface area contributed by atoms with Gasteiger partial charge in [0, 0.05) is 16.3 Å². The topological polar surface area (TPSA) is 86.1 Å². The number of quaternary nitrogens is 1.